The van der Waals surface area contributed by atoms with Crippen molar-refractivity contribution in [3.63, 3.8) is 0 Å². The van der Waals surface area contributed by atoms with Crippen molar-refractivity contribution in [1.29, 1.82) is 0 Å². The van der Waals surface area contributed by atoms with Gasteiger partial charge in [0, 0.05) is 29.6 Å². The molecule has 1 amide bonds. The van der Waals surface area contributed by atoms with E-state index < -0.39 is 10.0 Å². The molecule has 9 heteroatoms. The van der Waals surface area contributed by atoms with Gasteiger partial charge in [-0.2, -0.15) is 4.31 Å². The van der Waals surface area contributed by atoms with E-state index in [0.29, 0.717) is 28.6 Å². The number of hydrogen-bond donors (Lipinski definition) is 2. The first-order valence-electron chi connectivity index (χ1n) is 10.2. The quantitative estimate of drug-likeness (QED) is 0.543. The van der Waals surface area contributed by atoms with Gasteiger partial charge in [0.2, 0.25) is 0 Å². The lowest BCUT2D eigenvalue weighted by atomic mass is 10.2. The van der Waals surface area contributed by atoms with E-state index in [1.165, 1.54) is 11.3 Å². The zero-order valence-corrected chi connectivity index (χ0v) is 19.0. The van der Waals surface area contributed by atoms with Crippen molar-refractivity contribution in [2.75, 3.05) is 26.7 Å². The van der Waals surface area contributed by atoms with Crippen LogP contribution in [-0.4, -0.2) is 51.4 Å². The molecule has 1 aromatic heterocycles. The van der Waals surface area contributed by atoms with Crippen molar-refractivity contribution < 1.29 is 17.9 Å². The molecule has 2 aromatic rings. The molecule has 1 unspecified atom stereocenters. The lowest BCUT2D eigenvalue weighted by Gasteiger charge is -2.16. The van der Waals surface area contributed by atoms with Crippen molar-refractivity contribution in [3.05, 3.63) is 46.8 Å². The Balaban J connectivity index is 1.56. The van der Waals surface area contributed by atoms with Crippen molar-refractivity contribution >= 4 is 27.3 Å². The Hall–Kier alpha value is -1.94. The second-order valence-corrected chi connectivity index (χ2v) is 10.6. The highest BCUT2D eigenvalue weighted by Gasteiger charge is 2.33. The molecule has 0 bridgehead atoms. The zero-order valence-electron chi connectivity index (χ0n) is 17.4. The van der Waals surface area contributed by atoms with Gasteiger partial charge in [-0.15, -0.1) is 11.3 Å². The molecule has 1 fully saturated rings. The van der Waals surface area contributed by atoms with Crippen LogP contribution in [0.5, 0.6) is 5.75 Å². The number of benzene rings is 1. The summed E-state index contributed by atoms with van der Waals surface area (Å²) in [5.41, 5.74) is 0.498. The molecule has 0 saturated carbocycles. The summed E-state index contributed by atoms with van der Waals surface area (Å²) in [5, 5.41) is 6.27. The molecular weight excluding hydrogens is 422 g/mol. The third-order valence-electron chi connectivity index (χ3n) is 5.10. The molecule has 0 spiro atoms. The standard InChI is InChI=1S/C21H29N3O4S2/c1-3-4-11-22-17-10-12-24(15-17)30(26,27)20-9-8-19(29-20)14-23-21(25)16-6-5-7-18(13-16)28-2/h5-9,13,17,22H,3-4,10-12,14-15H2,1-2H3,(H,23,25). The fourth-order valence-corrected chi connectivity index (χ4v) is 6.30. The maximum absolute atomic E-state index is 13.0. The van der Waals surface area contributed by atoms with Gasteiger partial charge in [-0.25, -0.2) is 8.42 Å². The van der Waals surface area contributed by atoms with Gasteiger partial charge < -0.3 is 15.4 Å². The van der Waals surface area contributed by atoms with Crippen LogP contribution < -0.4 is 15.4 Å². The van der Waals surface area contributed by atoms with Gasteiger partial charge in [0.05, 0.1) is 13.7 Å². The first-order chi connectivity index (χ1) is 14.4. The van der Waals surface area contributed by atoms with Crippen molar-refractivity contribution in [2.24, 2.45) is 0 Å². The number of nitrogens with one attached hydrogen (secondary N) is 2. The van der Waals surface area contributed by atoms with Crippen LogP contribution in [0.15, 0.2) is 40.6 Å². The number of amides is 1. The van der Waals surface area contributed by atoms with Crippen LogP contribution >= 0.6 is 11.3 Å². The van der Waals surface area contributed by atoms with Crippen molar-refractivity contribution in [3.8, 4) is 5.75 Å². The van der Waals surface area contributed by atoms with Gasteiger partial charge in [0.15, 0.2) is 0 Å². The zero-order chi connectivity index (χ0) is 21.6. The summed E-state index contributed by atoms with van der Waals surface area (Å²) >= 11 is 1.20. The van der Waals surface area contributed by atoms with Gasteiger partial charge in [-0.1, -0.05) is 19.4 Å². The summed E-state index contributed by atoms with van der Waals surface area (Å²) in [7, 11) is -1.95. The SMILES string of the molecule is CCCCNC1CCN(S(=O)(=O)c2ccc(CNC(=O)c3cccc(OC)c3)s2)C1. The Morgan fingerprint density at radius 2 is 2.13 bits per heavy atom. The van der Waals surface area contributed by atoms with Crippen LogP contribution in [-0.2, 0) is 16.6 Å². The Morgan fingerprint density at radius 3 is 2.90 bits per heavy atom. The van der Waals surface area contributed by atoms with Crippen LogP contribution in [0.4, 0.5) is 0 Å². The molecule has 2 N–H and O–H groups in total. The largest absolute Gasteiger partial charge is 0.497 e. The Morgan fingerprint density at radius 1 is 1.30 bits per heavy atom. The van der Waals surface area contributed by atoms with E-state index in [-0.39, 0.29) is 18.5 Å². The van der Waals surface area contributed by atoms with Crippen LogP contribution in [0.1, 0.15) is 41.4 Å². The smallest absolute Gasteiger partial charge is 0.252 e. The fraction of sp³-hybridized carbons (Fsp3) is 0.476. The number of hydrogen-bond acceptors (Lipinski definition) is 6. The Labute approximate surface area is 182 Å². The average molecular weight is 452 g/mol. The fourth-order valence-electron chi connectivity index (χ4n) is 3.35. The topological polar surface area (TPSA) is 87.7 Å². The summed E-state index contributed by atoms with van der Waals surface area (Å²) < 4.78 is 32.9. The molecule has 2 heterocycles. The van der Waals surface area contributed by atoms with Gasteiger partial charge in [0.25, 0.3) is 15.9 Å². The van der Waals surface area contributed by atoms with Gasteiger partial charge >= 0.3 is 0 Å². The highest BCUT2D eigenvalue weighted by Crippen LogP contribution is 2.27. The lowest BCUT2D eigenvalue weighted by Crippen LogP contribution is -2.35. The number of unbranched alkanes of at least 4 members (excludes halogenated alkanes) is 1. The van der Waals surface area contributed by atoms with E-state index in [0.717, 1.165) is 30.7 Å². The number of ether oxygens (including phenoxy) is 1. The van der Waals surface area contributed by atoms with Crippen molar-refractivity contribution in [1.82, 2.24) is 14.9 Å². The van der Waals surface area contributed by atoms with Gasteiger partial charge in [-0.05, 0) is 49.7 Å². The van der Waals surface area contributed by atoms with Crippen LogP contribution in [0.25, 0.3) is 0 Å². The highest BCUT2D eigenvalue weighted by atomic mass is 32.2. The summed E-state index contributed by atoms with van der Waals surface area (Å²) in [5.74, 6) is 0.382. The highest BCUT2D eigenvalue weighted by molar-refractivity contribution is 7.91. The van der Waals surface area contributed by atoms with E-state index in [2.05, 4.69) is 17.6 Å². The number of carbonyl (C=O) groups is 1. The maximum Gasteiger partial charge on any atom is 0.252 e. The second-order valence-electron chi connectivity index (χ2n) is 7.29. The predicted molar refractivity (Wildman–Crippen MR) is 119 cm³/mol. The summed E-state index contributed by atoms with van der Waals surface area (Å²) in [6, 6.07) is 10.5. The van der Waals surface area contributed by atoms with Gasteiger partial charge in [0.1, 0.15) is 9.96 Å². The Kier molecular flexibility index (Phi) is 7.87. The average Bonchev–Trinajstić information content (AvgIpc) is 3.43. The molecule has 164 valence electrons. The Bertz CT molecular complexity index is 959. The van der Waals surface area contributed by atoms with Gasteiger partial charge in [-0.3, -0.25) is 4.79 Å². The first-order valence-corrected chi connectivity index (χ1v) is 12.4. The third kappa shape index (κ3) is 5.60. The van der Waals surface area contributed by atoms with Crippen LogP contribution in [0.2, 0.25) is 0 Å². The van der Waals surface area contributed by atoms with Crippen LogP contribution in [0.3, 0.4) is 0 Å². The number of carbonyl (C=O) groups excluding carboxylic acids is 1. The predicted octanol–water partition coefficient (Wildman–Crippen LogP) is 2.84. The first kappa shape index (κ1) is 22.7. The molecule has 1 atom stereocenters. The molecule has 30 heavy (non-hydrogen) atoms. The minimum absolute atomic E-state index is 0.216. The second kappa shape index (κ2) is 10.4. The molecule has 1 aliphatic heterocycles. The number of sulfonamides is 1. The minimum Gasteiger partial charge on any atom is -0.497 e. The molecule has 7 nitrogen and oxygen atoms in total. The van der Waals surface area contributed by atoms with Crippen LogP contribution in [0, 0.1) is 0 Å². The molecular formula is C21H29N3O4S2. The number of methoxy groups -OCH3 is 1. The number of nitrogens with zero attached hydrogens (tertiary/aromatic N) is 1. The van der Waals surface area contributed by atoms with Crippen molar-refractivity contribution in [2.45, 2.75) is 43.0 Å². The number of thiophene rings is 1. The molecule has 1 aliphatic rings. The molecule has 1 aromatic carbocycles. The molecule has 3 rings (SSSR count). The lowest BCUT2D eigenvalue weighted by molar-refractivity contribution is 0.0951. The normalized spacial score (nSPS) is 17.2. The number of rotatable bonds is 10. The van der Waals surface area contributed by atoms with E-state index in [1.807, 2.05) is 0 Å². The molecule has 1 saturated heterocycles. The van der Waals surface area contributed by atoms with E-state index in [9.17, 15) is 13.2 Å². The van der Waals surface area contributed by atoms with E-state index in [4.69, 9.17) is 4.74 Å². The molecule has 0 radical (unpaired) electrons. The summed E-state index contributed by atoms with van der Waals surface area (Å²) in [4.78, 5) is 13.1. The minimum atomic E-state index is -3.50. The van der Waals surface area contributed by atoms with E-state index >= 15 is 0 Å². The third-order valence-corrected chi connectivity index (χ3v) is 8.52. The summed E-state index contributed by atoms with van der Waals surface area (Å²) in [6.07, 6.45) is 3.05. The maximum atomic E-state index is 13.0. The molecule has 0 aliphatic carbocycles. The summed E-state index contributed by atoms with van der Waals surface area (Å²) in [6.45, 7) is 4.38. The monoisotopic (exact) mass is 451 g/mol. The van der Waals surface area contributed by atoms with E-state index in [1.54, 1.807) is 47.8 Å².